The predicted octanol–water partition coefficient (Wildman–Crippen LogP) is 3.21. The molecule has 1 aliphatic rings. The molecule has 8 nitrogen and oxygen atoms in total. The van der Waals surface area contributed by atoms with Gasteiger partial charge in [0.2, 0.25) is 5.71 Å². The van der Waals surface area contributed by atoms with E-state index in [1.807, 2.05) is 4.90 Å². The highest BCUT2D eigenvalue weighted by Crippen LogP contribution is 2.26. The molecule has 2 atom stereocenters. The summed E-state index contributed by atoms with van der Waals surface area (Å²) in [5.74, 6) is 0.532. The molecule has 2 aromatic heterocycles. The lowest BCUT2D eigenvalue weighted by atomic mass is 9.91. The molecule has 31 heavy (non-hydrogen) atoms. The van der Waals surface area contributed by atoms with Gasteiger partial charge in [-0.2, -0.15) is 0 Å². The molecule has 2 amide bonds. The molecule has 2 unspecified atom stereocenters. The molecule has 0 bridgehead atoms. The lowest BCUT2D eigenvalue weighted by Crippen LogP contribution is -2.42. The summed E-state index contributed by atoms with van der Waals surface area (Å²) in [5.41, 5.74) is 0.705. The zero-order chi connectivity index (χ0) is 22.3. The number of fused-ring (bicyclic) bond motifs is 1. The lowest BCUT2D eigenvalue weighted by molar-refractivity contribution is 0.0624. The first-order valence-electron chi connectivity index (χ1n) is 10.4. The van der Waals surface area contributed by atoms with Crippen molar-refractivity contribution < 1.29 is 14.0 Å². The summed E-state index contributed by atoms with van der Waals surface area (Å²) in [6.07, 6.45) is 2.45. The van der Waals surface area contributed by atoms with Crippen LogP contribution in [0.1, 0.15) is 46.7 Å². The average molecular weight is 422 g/mol. The van der Waals surface area contributed by atoms with Crippen molar-refractivity contribution in [3.8, 4) is 0 Å². The first-order valence-corrected chi connectivity index (χ1v) is 10.4. The topological polar surface area (TPSA) is 97.4 Å². The Bertz CT molecular complexity index is 1220. The molecule has 8 heteroatoms. The Labute approximate surface area is 179 Å². The number of rotatable bonds is 3. The van der Waals surface area contributed by atoms with E-state index in [1.165, 1.54) is 10.9 Å². The van der Waals surface area contributed by atoms with Gasteiger partial charge in [0.1, 0.15) is 17.5 Å². The van der Waals surface area contributed by atoms with Crippen LogP contribution < -0.4 is 10.9 Å². The number of likely N-dealkylation sites (tertiary alicyclic amines) is 1. The van der Waals surface area contributed by atoms with Crippen LogP contribution in [0.4, 0.5) is 5.69 Å². The summed E-state index contributed by atoms with van der Waals surface area (Å²) >= 11 is 0. The molecule has 1 saturated heterocycles. The van der Waals surface area contributed by atoms with Crippen molar-refractivity contribution >= 4 is 28.6 Å². The molecule has 0 saturated carbocycles. The van der Waals surface area contributed by atoms with Gasteiger partial charge in [-0.1, -0.05) is 26.0 Å². The van der Waals surface area contributed by atoms with Crippen molar-refractivity contribution in [2.75, 3.05) is 18.4 Å². The van der Waals surface area contributed by atoms with Crippen molar-refractivity contribution in [1.29, 1.82) is 0 Å². The number of amides is 2. The molecule has 0 spiro atoms. The van der Waals surface area contributed by atoms with Crippen molar-refractivity contribution in [3.05, 3.63) is 57.8 Å². The average Bonchev–Trinajstić information content (AvgIpc) is 3.06. The molecule has 0 aliphatic carbocycles. The van der Waals surface area contributed by atoms with Crippen LogP contribution in [0.3, 0.4) is 0 Å². The molecular formula is C23H26N4O4. The summed E-state index contributed by atoms with van der Waals surface area (Å²) in [7, 11) is 1.56. The maximum absolute atomic E-state index is 13.3. The quantitative estimate of drug-likeness (QED) is 0.699. The van der Waals surface area contributed by atoms with Gasteiger partial charge in [0.15, 0.2) is 0 Å². The number of nitrogens with zero attached hydrogens (tertiary/aromatic N) is 3. The van der Waals surface area contributed by atoms with Crippen LogP contribution in [0.2, 0.25) is 0 Å². The van der Waals surface area contributed by atoms with Crippen molar-refractivity contribution in [3.63, 3.8) is 0 Å². The van der Waals surface area contributed by atoms with E-state index in [9.17, 15) is 14.4 Å². The van der Waals surface area contributed by atoms with Crippen LogP contribution in [-0.4, -0.2) is 39.4 Å². The van der Waals surface area contributed by atoms with E-state index in [0.717, 1.165) is 6.42 Å². The number of benzene rings is 1. The predicted molar refractivity (Wildman–Crippen MR) is 117 cm³/mol. The second-order valence-electron chi connectivity index (χ2n) is 8.53. The third-order valence-electron chi connectivity index (χ3n) is 5.74. The highest BCUT2D eigenvalue weighted by molar-refractivity contribution is 6.14. The fourth-order valence-electron chi connectivity index (χ4n) is 4.42. The Morgan fingerprint density at radius 2 is 1.84 bits per heavy atom. The molecule has 1 fully saturated rings. The number of anilines is 1. The fraction of sp³-hybridized carbons (Fsp3) is 0.391. The zero-order valence-electron chi connectivity index (χ0n) is 18.1. The Hall–Kier alpha value is -3.42. The van der Waals surface area contributed by atoms with Gasteiger partial charge in [-0.25, -0.2) is 4.98 Å². The van der Waals surface area contributed by atoms with Gasteiger partial charge in [0, 0.05) is 20.1 Å². The largest absolute Gasteiger partial charge is 0.442 e. The van der Waals surface area contributed by atoms with Gasteiger partial charge in [-0.05, 0) is 37.3 Å². The highest BCUT2D eigenvalue weighted by Gasteiger charge is 2.28. The second-order valence-corrected chi connectivity index (χ2v) is 8.53. The van der Waals surface area contributed by atoms with Crippen molar-refractivity contribution in [2.45, 2.75) is 27.2 Å². The zero-order valence-corrected chi connectivity index (χ0v) is 18.1. The molecule has 4 rings (SSSR count). The molecule has 3 heterocycles. The molecule has 0 radical (unpaired) electrons. The summed E-state index contributed by atoms with van der Waals surface area (Å²) in [5, 5.41) is 2.94. The monoisotopic (exact) mass is 422 g/mol. The number of furan rings is 1. The minimum atomic E-state index is -0.512. The molecule has 3 aromatic rings. The summed E-state index contributed by atoms with van der Waals surface area (Å²) in [6, 6.07) is 6.94. The third kappa shape index (κ3) is 3.85. The highest BCUT2D eigenvalue weighted by atomic mass is 16.3. The maximum Gasteiger partial charge on any atom is 0.265 e. The van der Waals surface area contributed by atoms with Crippen LogP contribution in [0.5, 0.6) is 0 Å². The van der Waals surface area contributed by atoms with Crippen LogP contribution in [0, 0.1) is 18.8 Å². The smallest absolute Gasteiger partial charge is 0.265 e. The van der Waals surface area contributed by atoms with Crippen LogP contribution in [0.15, 0.2) is 39.8 Å². The van der Waals surface area contributed by atoms with Gasteiger partial charge < -0.3 is 19.2 Å². The number of nitrogens with one attached hydrogen (secondary N) is 1. The van der Waals surface area contributed by atoms with Gasteiger partial charge in [-0.3, -0.25) is 14.4 Å². The van der Waals surface area contributed by atoms with E-state index >= 15 is 0 Å². The minimum absolute atomic E-state index is 0.111. The van der Waals surface area contributed by atoms with Crippen molar-refractivity contribution in [2.24, 2.45) is 18.9 Å². The van der Waals surface area contributed by atoms with Gasteiger partial charge >= 0.3 is 0 Å². The number of hydrogen-bond donors (Lipinski definition) is 1. The molecule has 1 N–H and O–H groups in total. The molecular weight excluding hydrogens is 396 g/mol. The summed E-state index contributed by atoms with van der Waals surface area (Å²) < 4.78 is 6.83. The third-order valence-corrected chi connectivity index (χ3v) is 5.74. The number of aryl methyl sites for hydroxylation is 2. The fourth-order valence-corrected chi connectivity index (χ4v) is 4.42. The van der Waals surface area contributed by atoms with Crippen LogP contribution in [-0.2, 0) is 7.05 Å². The maximum atomic E-state index is 13.3. The standard InChI is InChI=1S/C23H26N4O4/c1-13-9-14(2)11-27(10-13)22(29)16-7-5-6-8-17(16)25-20(28)18-15(3)31-21-19(18)23(30)26(4)12-24-21/h5-8,12-14H,9-11H2,1-4H3,(H,25,28). The lowest BCUT2D eigenvalue weighted by Gasteiger charge is -2.35. The first kappa shape index (κ1) is 20.8. The molecule has 1 aliphatic heterocycles. The van der Waals surface area contributed by atoms with E-state index in [0.29, 0.717) is 41.9 Å². The Kier molecular flexibility index (Phi) is 5.39. The molecule has 162 valence electrons. The second kappa shape index (κ2) is 8.02. The van der Waals surface area contributed by atoms with Crippen molar-refractivity contribution in [1.82, 2.24) is 14.5 Å². The van der Waals surface area contributed by atoms with E-state index in [-0.39, 0.29) is 28.1 Å². The Morgan fingerprint density at radius 1 is 1.16 bits per heavy atom. The SMILES string of the molecule is Cc1oc2ncn(C)c(=O)c2c1C(=O)Nc1ccccc1C(=O)N1CC(C)CC(C)C1. The number of piperidine rings is 1. The Balaban J connectivity index is 1.67. The number of para-hydroxylation sites is 1. The van der Waals surface area contributed by atoms with Gasteiger partial charge in [-0.15, -0.1) is 0 Å². The van der Waals surface area contributed by atoms with Gasteiger partial charge in [0.25, 0.3) is 17.4 Å². The minimum Gasteiger partial charge on any atom is -0.442 e. The number of aromatic nitrogens is 2. The van der Waals surface area contributed by atoms with Gasteiger partial charge in [0.05, 0.1) is 16.8 Å². The van der Waals surface area contributed by atoms with Crippen LogP contribution in [0.25, 0.3) is 11.1 Å². The van der Waals surface area contributed by atoms with E-state index in [2.05, 4.69) is 24.1 Å². The summed E-state index contributed by atoms with van der Waals surface area (Å²) in [4.78, 5) is 44.9. The number of carbonyl (C=O) groups excluding carboxylic acids is 2. The summed E-state index contributed by atoms with van der Waals surface area (Å²) in [6.45, 7) is 7.29. The number of carbonyl (C=O) groups is 2. The van der Waals surface area contributed by atoms with E-state index in [1.54, 1.807) is 38.2 Å². The normalized spacial score (nSPS) is 18.9. The Morgan fingerprint density at radius 3 is 2.55 bits per heavy atom. The first-order chi connectivity index (χ1) is 14.8. The van der Waals surface area contributed by atoms with E-state index < -0.39 is 5.91 Å². The van der Waals surface area contributed by atoms with Crippen LogP contribution >= 0.6 is 0 Å². The molecule has 1 aromatic carbocycles. The van der Waals surface area contributed by atoms with E-state index in [4.69, 9.17) is 4.42 Å². The number of hydrogen-bond acceptors (Lipinski definition) is 5.